The van der Waals surface area contributed by atoms with Gasteiger partial charge in [-0.05, 0) is 156 Å². The summed E-state index contributed by atoms with van der Waals surface area (Å²) in [4.78, 5) is 105. The zero-order valence-electron chi connectivity index (χ0n) is 41.5. The van der Waals surface area contributed by atoms with E-state index in [1.165, 1.54) is 63.2 Å². The Bertz CT molecular complexity index is 3350. The fourth-order valence-electron chi connectivity index (χ4n) is 9.50. The third-order valence-corrected chi connectivity index (χ3v) is 13.5. The summed E-state index contributed by atoms with van der Waals surface area (Å²) >= 11 is 0. The Morgan fingerprint density at radius 1 is 0.321 bits per heavy atom. The summed E-state index contributed by atoms with van der Waals surface area (Å²) in [5, 5.41) is 37.5. The van der Waals surface area contributed by atoms with Gasteiger partial charge in [0.15, 0.2) is 0 Å². The molecule has 6 N–H and O–H groups in total. The molecule has 0 aromatic heterocycles. The first-order valence-corrected chi connectivity index (χ1v) is 24.8. The van der Waals surface area contributed by atoms with Crippen LogP contribution in [0.5, 0.6) is 17.2 Å². The van der Waals surface area contributed by atoms with Crippen molar-refractivity contribution in [2.24, 2.45) is 0 Å². The molecule has 4 heterocycles. The number of benzene rings is 7. The zero-order chi connectivity index (χ0) is 54.6. The second kappa shape index (κ2) is 21.8. The van der Waals surface area contributed by atoms with Gasteiger partial charge in [0.1, 0.15) is 35.4 Å². The molecule has 0 spiro atoms. The maximum Gasteiger partial charge on any atom is 0.258 e. The number of hydrogen-bond donors (Lipinski definition) is 6. The smallest absolute Gasteiger partial charge is 0.258 e. The average Bonchev–Trinajstić information content (AvgIpc) is 4.16. The molecule has 78 heavy (non-hydrogen) atoms. The zero-order valence-corrected chi connectivity index (χ0v) is 41.5. The Morgan fingerprint density at radius 2 is 0.551 bits per heavy atom. The molecule has 0 saturated carbocycles. The molecular formula is C60H49N7O11. The van der Waals surface area contributed by atoms with Crippen molar-refractivity contribution < 1.29 is 53.7 Å². The first-order valence-electron chi connectivity index (χ1n) is 24.8. The molecule has 11 rings (SSSR count). The number of carbonyl (C=O) groups is 8. The number of imide groups is 4. The van der Waals surface area contributed by atoms with Crippen molar-refractivity contribution in [2.45, 2.75) is 50.2 Å². The number of hydrogen-bond acceptors (Lipinski definition) is 14. The minimum absolute atomic E-state index is 0.0312. The fourth-order valence-corrected chi connectivity index (χ4v) is 9.50. The molecule has 0 radical (unpaired) electrons. The molecule has 3 saturated heterocycles. The molecule has 3 atom stereocenters. The highest BCUT2D eigenvalue weighted by Gasteiger charge is 2.42. The summed E-state index contributed by atoms with van der Waals surface area (Å²) in [5.41, 5.74) is 7.81. The van der Waals surface area contributed by atoms with Crippen molar-refractivity contribution in [3.63, 3.8) is 0 Å². The van der Waals surface area contributed by atoms with Gasteiger partial charge >= 0.3 is 0 Å². The second-order valence-corrected chi connectivity index (χ2v) is 18.9. The normalized spacial score (nSPS) is 18.0. The van der Waals surface area contributed by atoms with Crippen LogP contribution in [0.4, 0.5) is 39.8 Å². The van der Waals surface area contributed by atoms with Crippen LogP contribution in [0.2, 0.25) is 0 Å². The maximum absolute atomic E-state index is 13.0. The van der Waals surface area contributed by atoms with Gasteiger partial charge in [0.2, 0.25) is 17.7 Å². The lowest BCUT2D eigenvalue weighted by Gasteiger charge is -2.17. The lowest BCUT2D eigenvalue weighted by atomic mass is 10.0. The number of phenols is 3. The SMILES string of the molecule is O=C1C=CC(=O)N1c1ccc(Cc2ccc(N3C(=O)CC(Nc4ccc(O)cc4)C3=O)cc2)cc1.O=C1CC(Nc2ccc(O)cc2)C(=O)N1c1ccc(Cc2ccc(N3C(=O)CC(Nc4ccc(O)cc4)C3=O)cc2)cc1. The summed E-state index contributed by atoms with van der Waals surface area (Å²) in [6.07, 6.45) is 3.78. The van der Waals surface area contributed by atoms with E-state index in [0.29, 0.717) is 52.7 Å². The van der Waals surface area contributed by atoms with Crippen molar-refractivity contribution in [3.05, 3.63) is 204 Å². The maximum atomic E-state index is 13.0. The van der Waals surface area contributed by atoms with Crippen LogP contribution >= 0.6 is 0 Å². The average molecular weight is 1040 g/mol. The highest BCUT2D eigenvalue weighted by atomic mass is 16.3. The third-order valence-electron chi connectivity index (χ3n) is 13.5. The van der Waals surface area contributed by atoms with Gasteiger partial charge in [-0.15, -0.1) is 0 Å². The van der Waals surface area contributed by atoms with E-state index in [4.69, 9.17) is 0 Å². The van der Waals surface area contributed by atoms with E-state index in [1.807, 2.05) is 48.5 Å². The molecular weight excluding hydrogens is 995 g/mol. The fraction of sp³-hybridized carbons (Fsp3) is 0.133. The van der Waals surface area contributed by atoms with E-state index in [1.54, 1.807) is 84.9 Å². The number of carbonyl (C=O) groups excluding carboxylic acids is 8. The number of amides is 8. The van der Waals surface area contributed by atoms with E-state index in [-0.39, 0.29) is 83.8 Å². The van der Waals surface area contributed by atoms with Gasteiger partial charge < -0.3 is 31.3 Å². The summed E-state index contributed by atoms with van der Waals surface area (Å²) < 4.78 is 0. The van der Waals surface area contributed by atoms with Crippen molar-refractivity contribution in [1.29, 1.82) is 0 Å². The molecule has 0 aliphatic carbocycles. The molecule has 7 aromatic rings. The van der Waals surface area contributed by atoms with Gasteiger partial charge in [-0.1, -0.05) is 48.5 Å². The Hall–Kier alpha value is -10.4. The Labute approximate surface area is 446 Å². The molecule has 3 fully saturated rings. The number of aromatic hydroxyl groups is 3. The molecule has 8 amide bonds. The van der Waals surface area contributed by atoms with E-state index in [0.717, 1.165) is 27.2 Å². The van der Waals surface area contributed by atoms with Crippen LogP contribution in [-0.4, -0.2) is 80.7 Å². The third kappa shape index (κ3) is 11.2. The van der Waals surface area contributed by atoms with Crippen LogP contribution < -0.4 is 35.6 Å². The summed E-state index contributed by atoms with van der Waals surface area (Å²) in [6, 6.07) is 45.7. The number of nitrogens with zero attached hydrogens (tertiary/aromatic N) is 4. The van der Waals surface area contributed by atoms with Crippen molar-refractivity contribution in [1.82, 2.24) is 0 Å². The predicted octanol–water partition coefficient (Wildman–Crippen LogP) is 7.33. The van der Waals surface area contributed by atoms with Crippen molar-refractivity contribution in [2.75, 3.05) is 35.6 Å². The van der Waals surface area contributed by atoms with Gasteiger partial charge in [0.05, 0.1) is 42.0 Å². The first-order chi connectivity index (χ1) is 37.6. The van der Waals surface area contributed by atoms with Crippen molar-refractivity contribution >= 4 is 87.1 Å². The van der Waals surface area contributed by atoms with Crippen molar-refractivity contribution in [3.8, 4) is 17.2 Å². The number of nitrogens with one attached hydrogen (secondary N) is 3. The molecule has 4 aliphatic heterocycles. The quantitative estimate of drug-likeness (QED) is 0.0461. The van der Waals surface area contributed by atoms with E-state index in [9.17, 15) is 53.7 Å². The summed E-state index contributed by atoms with van der Waals surface area (Å²) in [6.45, 7) is 0. The van der Waals surface area contributed by atoms with Crippen LogP contribution in [0.25, 0.3) is 0 Å². The van der Waals surface area contributed by atoms with Crippen LogP contribution in [0.3, 0.4) is 0 Å². The molecule has 7 aromatic carbocycles. The summed E-state index contributed by atoms with van der Waals surface area (Å²) in [5.74, 6) is -2.24. The Balaban J connectivity index is 0.000000180. The summed E-state index contributed by atoms with van der Waals surface area (Å²) in [7, 11) is 0. The second-order valence-electron chi connectivity index (χ2n) is 18.9. The number of phenolic OH excluding ortho intramolecular Hbond substituents is 3. The molecule has 18 heteroatoms. The van der Waals surface area contributed by atoms with Gasteiger partial charge in [0.25, 0.3) is 29.5 Å². The van der Waals surface area contributed by atoms with E-state index >= 15 is 0 Å². The molecule has 390 valence electrons. The lowest BCUT2D eigenvalue weighted by molar-refractivity contribution is -0.123. The minimum Gasteiger partial charge on any atom is -0.508 e. The van der Waals surface area contributed by atoms with Gasteiger partial charge in [-0.3, -0.25) is 38.4 Å². The monoisotopic (exact) mass is 1040 g/mol. The molecule has 0 bridgehead atoms. The van der Waals surface area contributed by atoms with Gasteiger partial charge in [-0.25, -0.2) is 19.6 Å². The predicted molar refractivity (Wildman–Crippen MR) is 291 cm³/mol. The molecule has 4 aliphatic rings. The van der Waals surface area contributed by atoms with Crippen LogP contribution in [0, 0.1) is 0 Å². The van der Waals surface area contributed by atoms with Crippen LogP contribution in [0.1, 0.15) is 41.5 Å². The highest BCUT2D eigenvalue weighted by Crippen LogP contribution is 2.31. The molecule has 18 nitrogen and oxygen atoms in total. The van der Waals surface area contributed by atoms with Gasteiger partial charge in [0, 0.05) is 29.2 Å². The largest absolute Gasteiger partial charge is 0.508 e. The highest BCUT2D eigenvalue weighted by molar-refractivity contribution is 6.28. The Morgan fingerprint density at radius 3 is 0.795 bits per heavy atom. The van der Waals surface area contributed by atoms with Gasteiger partial charge in [-0.2, -0.15) is 0 Å². The van der Waals surface area contributed by atoms with E-state index < -0.39 is 18.1 Å². The Kier molecular flexibility index (Phi) is 14.3. The van der Waals surface area contributed by atoms with Crippen LogP contribution in [-0.2, 0) is 51.2 Å². The topological polar surface area (TPSA) is 246 Å². The lowest BCUT2D eigenvalue weighted by Crippen LogP contribution is -2.34. The number of rotatable bonds is 14. The standard InChI is InChI=1S/C33H28N4O6.C27H21N3O5/c38-26-13-5-22(6-14-26)34-28-18-30(40)36(32(28)42)24-9-1-20(2-10-24)17-21-3-11-25(12-4-21)37-31(41)19-29(33(37)43)35-23-7-15-27(39)16-8-23;31-22-11-5-19(6-12-22)28-23-16-26(34)30(27(23)35)21-9-3-18(4-10-21)15-17-1-7-20(8-2-17)29-24(32)13-14-25(29)33/h1-16,28-29,34-35,38-39H,17-19H2;1-14,23,28,31H,15-16H2. The minimum atomic E-state index is -0.691. The van der Waals surface area contributed by atoms with Crippen LogP contribution in [0.15, 0.2) is 182 Å². The first kappa shape index (κ1) is 51.1. The molecule has 3 unspecified atom stereocenters. The van der Waals surface area contributed by atoms with E-state index in [2.05, 4.69) is 16.0 Å². The number of anilines is 7.